The first-order valence-corrected chi connectivity index (χ1v) is 34.3. The first-order chi connectivity index (χ1) is 50.4. The molecule has 0 aliphatic rings. The molecule has 1 aromatic heterocycles. The molecule has 0 bridgehead atoms. The molecular weight excluding hydrogens is 1380 g/mol. The number of nitrogens with two attached hydrogens (primary N) is 5. The van der Waals surface area contributed by atoms with Gasteiger partial charge in [0, 0.05) is 50.7 Å². The Bertz CT molecular complexity index is 3760. The van der Waals surface area contributed by atoms with Gasteiger partial charge in [-0.2, -0.15) is 0 Å². The lowest BCUT2D eigenvalue weighted by atomic mass is 9.99. The van der Waals surface area contributed by atoms with Gasteiger partial charge in [0.05, 0.1) is 18.8 Å². The fourth-order valence-corrected chi connectivity index (χ4v) is 11.0. The van der Waals surface area contributed by atoms with E-state index in [4.69, 9.17) is 39.5 Å². The summed E-state index contributed by atoms with van der Waals surface area (Å²) in [7, 11) is 0. The van der Waals surface area contributed by atoms with Crippen molar-refractivity contribution >= 4 is 77.0 Å². The maximum Gasteiger partial charge on any atom is 0.326 e. The monoisotopic (exact) mass is 1470 g/mol. The number of carbonyl (C=O) groups is 11. The number of aliphatic carboxylic acids is 1. The third-order valence-corrected chi connectivity index (χ3v) is 16.5. The number of imidazole rings is 1. The van der Waals surface area contributed by atoms with Crippen LogP contribution in [0.1, 0.15) is 99.6 Å². The number of H-pyrrole nitrogens is 1. The van der Waals surface area contributed by atoms with Crippen LogP contribution < -0.4 is 87.2 Å². The van der Waals surface area contributed by atoms with Crippen molar-refractivity contribution in [2.45, 2.75) is 164 Å². The largest absolute Gasteiger partial charge is 0.508 e. The number of carboxylic acid groups (broad SMARTS) is 1. The van der Waals surface area contributed by atoms with Gasteiger partial charge in [0.25, 0.3) is 0 Å². The molecule has 0 fully saturated rings. The summed E-state index contributed by atoms with van der Waals surface area (Å²) in [6.45, 7) is 3.69. The molecule has 0 aliphatic carbocycles. The maximum absolute atomic E-state index is 15.1. The van der Waals surface area contributed by atoms with Gasteiger partial charge in [-0.15, -0.1) is 0 Å². The summed E-state index contributed by atoms with van der Waals surface area (Å²) in [5.74, 6) is -12.7. The SMILES string of the molecule is CC(C)C[C@H](NC(=O)[C@H](Cc1ccc(O)cc1)NC(=O)[C@H](CCCNC(=N)N)NC(=O)[C@H](Cc1ccc(O)cc1)NC(=O)[C@H](CCCCN)NC(=O)[C@H](Cc1ccc(O)cc1)NC(=O)[C@H](CC(N)=O)NC(=O)[C@@H](N)Cc1ccc(O)cc1)C(=O)N[C@@H](CCCNC(=N)N)C(=O)N[C@@H](Cc1cnc[nH]1)C(=O)O. The average molecular weight is 1480 g/mol. The van der Waals surface area contributed by atoms with Crippen molar-refractivity contribution in [1.29, 1.82) is 10.8 Å². The Morgan fingerprint density at radius 2 is 0.745 bits per heavy atom. The lowest BCUT2D eigenvalue weighted by molar-refractivity contribution is -0.142. The third kappa shape index (κ3) is 30.5. The molecule has 29 N–H and O–H groups in total. The van der Waals surface area contributed by atoms with Crippen LogP contribution in [0.3, 0.4) is 0 Å². The van der Waals surface area contributed by atoms with Crippen molar-refractivity contribution < 1.29 is 78.3 Å². The number of phenols is 4. The van der Waals surface area contributed by atoms with Crippen LogP contribution in [-0.4, -0.2) is 193 Å². The van der Waals surface area contributed by atoms with E-state index in [1.54, 1.807) is 13.8 Å². The molecule has 0 saturated carbocycles. The normalized spacial score (nSPS) is 13.9. The second-order valence-corrected chi connectivity index (χ2v) is 25.8. The fourth-order valence-electron chi connectivity index (χ4n) is 11.0. The van der Waals surface area contributed by atoms with Gasteiger partial charge in [0.15, 0.2) is 11.9 Å². The molecule has 574 valence electrons. The van der Waals surface area contributed by atoms with Crippen molar-refractivity contribution in [3.8, 4) is 23.0 Å². The number of benzene rings is 4. The van der Waals surface area contributed by atoms with Crippen LogP contribution in [0, 0.1) is 16.7 Å². The Morgan fingerprint density at radius 3 is 1.08 bits per heavy atom. The van der Waals surface area contributed by atoms with Gasteiger partial charge in [-0.3, -0.25) is 58.8 Å². The minimum atomic E-state index is -1.70. The molecule has 0 radical (unpaired) electrons. The Kier molecular flexibility index (Phi) is 34.4. The van der Waals surface area contributed by atoms with Crippen LogP contribution in [0.15, 0.2) is 110 Å². The van der Waals surface area contributed by atoms with E-state index in [-0.39, 0.29) is 132 Å². The molecule has 10 amide bonds. The van der Waals surface area contributed by atoms with E-state index in [2.05, 4.69) is 68.5 Å². The zero-order chi connectivity index (χ0) is 78.0. The van der Waals surface area contributed by atoms with E-state index in [1.165, 1.54) is 110 Å². The minimum Gasteiger partial charge on any atom is -0.508 e. The molecule has 4 aromatic carbocycles. The number of carboxylic acids is 1. The number of rotatable bonds is 45. The van der Waals surface area contributed by atoms with Gasteiger partial charge in [0.1, 0.15) is 77.4 Å². The first kappa shape index (κ1) is 84.6. The summed E-state index contributed by atoms with van der Waals surface area (Å²) in [6, 6.07) is 7.21. The molecule has 0 unspecified atom stereocenters. The van der Waals surface area contributed by atoms with Crippen LogP contribution >= 0.6 is 0 Å². The predicted octanol–water partition coefficient (Wildman–Crippen LogP) is -2.90. The zero-order valence-corrected chi connectivity index (χ0v) is 58.8. The number of phenolic OH excluding ortho intramolecular Hbond substituents is 4. The third-order valence-electron chi connectivity index (χ3n) is 16.5. The number of primary amides is 1. The molecule has 36 heteroatoms. The van der Waals surface area contributed by atoms with Crippen molar-refractivity contribution in [2.75, 3.05) is 19.6 Å². The number of carbonyl (C=O) groups excluding carboxylic acids is 10. The van der Waals surface area contributed by atoms with Gasteiger partial charge in [0.2, 0.25) is 59.1 Å². The van der Waals surface area contributed by atoms with Crippen LogP contribution in [0.5, 0.6) is 23.0 Å². The topological polar surface area (TPSA) is 628 Å². The highest BCUT2D eigenvalue weighted by Crippen LogP contribution is 2.19. The Hall–Kier alpha value is -12.1. The molecule has 5 rings (SSSR count). The number of aromatic hydroxyl groups is 4. The highest BCUT2D eigenvalue weighted by molar-refractivity contribution is 5.99. The van der Waals surface area contributed by atoms with Crippen LogP contribution in [-0.2, 0) is 84.8 Å². The second-order valence-electron chi connectivity index (χ2n) is 25.8. The number of unbranched alkanes of at least 4 members (excludes halogenated alkanes) is 1. The molecule has 5 aromatic rings. The molecule has 10 atom stereocenters. The average Bonchev–Trinajstić information content (AvgIpc) is 0.943. The van der Waals surface area contributed by atoms with E-state index in [0.717, 1.165) is 0 Å². The summed E-state index contributed by atoms with van der Waals surface area (Å²) in [5.41, 5.74) is 30.7. The molecule has 0 spiro atoms. The number of aromatic nitrogens is 2. The Morgan fingerprint density at radius 1 is 0.425 bits per heavy atom. The highest BCUT2D eigenvalue weighted by atomic mass is 16.4. The summed E-state index contributed by atoms with van der Waals surface area (Å²) >= 11 is 0. The number of nitrogens with one attached hydrogen (secondary N) is 14. The number of amides is 10. The lowest BCUT2D eigenvalue weighted by Crippen LogP contribution is -2.61. The summed E-state index contributed by atoms with van der Waals surface area (Å²) in [6.07, 6.45) is 0.866. The summed E-state index contributed by atoms with van der Waals surface area (Å²) in [4.78, 5) is 163. The van der Waals surface area contributed by atoms with Gasteiger partial charge in [-0.1, -0.05) is 62.4 Å². The van der Waals surface area contributed by atoms with E-state index < -0.39 is 138 Å². The summed E-state index contributed by atoms with van der Waals surface area (Å²) in [5, 5.41) is 94.5. The second kappa shape index (κ2) is 43.1. The van der Waals surface area contributed by atoms with E-state index in [1.807, 2.05) is 0 Å². The van der Waals surface area contributed by atoms with Gasteiger partial charge < -0.3 is 118 Å². The predicted molar refractivity (Wildman–Crippen MR) is 387 cm³/mol. The molecule has 36 nitrogen and oxygen atoms in total. The summed E-state index contributed by atoms with van der Waals surface area (Å²) < 4.78 is 0. The standard InChI is InChI=1S/C70H98N20O16/c1-38(2)29-52(63(100)83-51(9-6-28-80-70(76)77)62(99)90-57(68(105)106)34-43-36-78-37-81-43)86-66(103)55(33-42-16-24-47(94)25-17-42)88-61(98)50(8-5-27-79-69(74)75)84-64(101)53(31-40-12-20-45(92)21-13-40)87-60(97)49(7-3-4-26-71)82-65(102)54(32-41-14-22-46(93)23-15-41)89-67(104)56(35-58(73)95)85-59(96)48(72)30-39-10-18-44(91)19-11-39/h10-25,36-38,48-57,91-94H,3-9,26-35,71-72H2,1-2H3,(H2,73,95)(H,78,81)(H,82,102)(H,83,100)(H,84,101)(H,85,96)(H,86,103)(H,87,97)(H,88,98)(H,89,104)(H,90,99)(H,105,106)(H4,74,75,79)(H4,76,77,80)/t48-,49-,50-,51-,52-,53-,54-,55-,56-,57-/m0/s1. The quantitative estimate of drug-likeness (QED) is 0.0106. The van der Waals surface area contributed by atoms with E-state index in [9.17, 15) is 68.7 Å². The van der Waals surface area contributed by atoms with Gasteiger partial charge in [-0.05, 0) is 141 Å². The Labute approximate surface area is 611 Å². The van der Waals surface area contributed by atoms with Crippen LogP contribution in [0.2, 0.25) is 0 Å². The first-order valence-electron chi connectivity index (χ1n) is 34.3. The van der Waals surface area contributed by atoms with Crippen molar-refractivity contribution in [3.05, 3.63) is 138 Å². The molecule has 0 saturated heterocycles. The number of hydrogen-bond donors (Lipinski definition) is 24. The number of aromatic amines is 1. The Balaban J connectivity index is 1.48. The molecular formula is C70H98N20O16. The number of hydrogen-bond acceptors (Lipinski definition) is 20. The van der Waals surface area contributed by atoms with Crippen LogP contribution in [0.25, 0.3) is 0 Å². The number of nitrogens with zero attached hydrogens (tertiary/aromatic N) is 1. The minimum absolute atomic E-state index is 0.0192. The van der Waals surface area contributed by atoms with Crippen molar-refractivity contribution in [2.24, 2.45) is 34.6 Å². The van der Waals surface area contributed by atoms with E-state index >= 15 is 9.59 Å². The van der Waals surface area contributed by atoms with Crippen molar-refractivity contribution in [3.63, 3.8) is 0 Å². The highest BCUT2D eigenvalue weighted by Gasteiger charge is 2.37. The molecule has 0 aliphatic heterocycles. The van der Waals surface area contributed by atoms with Gasteiger partial charge in [-0.25, -0.2) is 9.78 Å². The fraction of sp³-hybridized carbons (Fsp3) is 0.429. The number of guanidine groups is 2. The lowest BCUT2D eigenvalue weighted by Gasteiger charge is -2.29. The van der Waals surface area contributed by atoms with Crippen LogP contribution in [0.4, 0.5) is 0 Å². The van der Waals surface area contributed by atoms with Gasteiger partial charge >= 0.3 is 5.97 Å². The van der Waals surface area contributed by atoms with E-state index in [0.29, 0.717) is 34.4 Å². The van der Waals surface area contributed by atoms with Crippen molar-refractivity contribution in [1.82, 2.24) is 68.5 Å². The molecule has 106 heavy (non-hydrogen) atoms. The molecule has 1 heterocycles. The zero-order valence-electron chi connectivity index (χ0n) is 58.8. The maximum atomic E-state index is 15.1. The smallest absolute Gasteiger partial charge is 0.326 e.